The molecule has 3 N–H and O–H groups in total. The second-order valence-corrected chi connectivity index (χ2v) is 10.7. The van der Waals surface area contributed by atoms with Gasteiger partial charge in [-0.05, 0) is 20.8 Å². The van der Waals surface area contributed by atoms with Crippen molar-refractivity contribution in [1.82, 2.24) is 29.7 Å². The molecule has 4 aromatic rings. The van der Waals surface area contributed by atoms with Gasteiger partial charge in [-0.25, -0.2) is 14.6 Å². The van der Waals surface area contributed by atoms with Gasteiger partial charge in [0.05, 0.1) is 54.4 Å². The first-order valence-electron chi connectivity index (χ1n) is 11.9. The van der Waals surface area contributed by atoms with E-state index in [9.17, 15) is 9.59 Å². The molecule has 1 amide bonds. The fraction of sp³-hybridized carbons (Fsp3) is 0.375. The summed E-state index contributed by atoms with van der Waals surface area (Å²) in [5.74, 6) is 0.286. The van der Waals surface area contributed by atoms with Crippen molar-refractivity contribution in [2.45, 2.75) is 50.4 Å². The monoisotopic (exact) mass is 554 g/mol. The average Bonchev–Trinajstić information content (AvgIpc) is 3.45. The fourth-order valence-electron chi connectivity index (χ4n) is 4.33. The number of carbonyl (C=O) groups excluding carboxylic acids is 2. The highest BCUT2D eigenvalue weighted by Crippen LogP contribution is 2.39. The molecule has 0 radical (unpaired) electrons. The number of methoxy groups -OCH3 is 1. The van der Waals surface area contributed by atoms with E-state index in [0.29, 0.717) is 46.8 Å². The predicted molar refractivity (Wildman–Crippen MR) is 144 cm³/mol. The van der Waals surface area contributed by atoms with Gasteiger partial charge in [-0.2, -0.15) is 10.1 Å². The van der Waals surface area contributed by atoms with Gasteiger partial charge in [0.1, 0.15) is 10.8 Å². The molecule has 1 aliphatic heterocycles. The molecule has 1 atom stereocenters. The minimum atomic E-state index is -0.500. The number of nitrogens with zero attached hydrogens (tertiary/aromatic N) is 6. The Morgan fingerprint density at radius 1 is 1.26 bits per heavy atom. The van der Waals surface area contributed by atoms with Crippen LogP contribution in [0, 0.1) is 13.8 Å². The third-order valence-electron chi connectivity index (χ3n) is 6.04. The van der Waals surface area contributed by atoms with Crippen molar-refractivity contribution < 1.29 is 19.1 Å². The maximum Gasteiger partial charge on any atom is 0.311 e. The number of nitrogen functional groups attached to an aromatic ring is 1. The second-order valence-electron chi connectivity index (χ2n) is 8.66. The molecule has 0 saturated heterocycles. The summed E-state index contributed by atoms with van der Waals surface area (Å²) in [7, 11) is 1.64. The summed E-state index contributed by atoms with van der Waals surface area (Å²) in [6.45, 7) is 6.32. The van der Waals surface area contributed by atoms with E-state index in [-0.39, 0.29) is 24.2 Å². The fourth-order valence-corrected chi connectivity index (χ4v) is 6.19. The lowest BCUT2D eigenvalue weighted by molar-refractivity contribution is -0.142. The Bertz CT molecular complexity index is 1550. The minimum absolute atomic E-state index is 0.0541. The van der Waals surface area contributed by atoms with Crippen LogP contribution in [0.25, 0.3) is 11.0 Å². The zero-order valence-corrected chi connectivity index (χ0v) is 22.9. The van der Waals surface area contributed by atoms with Crippen LogP contribution in [-0.4, -0.2) is 60.6 Å². The molecule has 14 heteroatoms. The van der Waals surface area contributed by atoms with E-state index >= 15 is 0 Å². The third kappa shape index (κ3) is 5.00. The molecule has 198 valence electrons. The lowest BCUT2D eigenvalue weighted by Crippen LogP contribution is -2.29. The third-order valence-corrected chi connectivity index (χ3v) is 8.03. The largest absolute Gasteiger partial charge is 0.496 e. The Hall–Kier alpha value is -3.78. The Kier molecular flexibility index (Phi) is 7.17. The number of anilines is 2. The maximum atomic E-state index is 13.2. The smallest absolute Gasteiger partial charge is 0.311 e. The van der Waals surface area contributed by atoms with Crippen LogP contribution in [0.4, 0.5) is 11.1 Å². The van der Waals surface area contributed by atoms with Crippen molar-refractivity contribution in [3.05, 3.63) is 39.8 Å². The second kappa shape index (κ2) is 10.5. The van der Waals surface area contributed by atoms with Gasteiger partial charge in [0.2, 0.25) is 11.9 Å². The quantitative estimate of drug-likeness (QED) is 0.243. The normalized spacial score (nSPS) is 14.5. The van der Waals surface area contributed by atoms with Crippen LogP contribution in [-0.2, 0) is 33.7 Å². The van der Waals surface area contributed by atoms with Crippen LogP contribution in [0.1, 0.15) is 35.1 Å². The van der Waals surface area contributed by atoms with E-state index in [0.717, 1.165) is 28.0 Å². The molecule has 12 nitrogen and oxygen atoms in total. The molecule has 0 saturated carbocycles. The highest BCUT2D eigenvalue weighted by atomic mass is 32.2. The lowest BCUT2D eigenvalue weighted by atomic mass is 10.1. The minimum Gasteiger partial charge on any atom is -0.496 e. The molecule has 0 bridgehead atoms. The first kappa shape index (κ1) is 25.9. The number of hydrogen-bond acceptors (Lipinski definition) is 12. The van der Waals surface area contributed by atoms with Crippen LogP contribution in [0.2, 0.25) is 0 Å². The number of nitrogens with two attached hydrogens (primary N) is 1. The van der Waals surface area contributed by atoms with E-state index in [1.54, 1.807) is 30.3 Å². The molecule has 4 aromatic heterocycles. The summed E-state index contributed by atoms with van der Waals surface area (Å²) >= 11 is 2.57. The number of aryl methyl sites for hydroxylation is 1. The standard InChI is InChI=1S/C24H26N8O4S2/c1-5-36-17(33)6-13-10-37-24(27-13)29-21(34)16-7-14-18-20(28-23(25)30-22(18)38-16)32(31-14)9-15-12(3)19(35-4)11(2)8-26-15/h8,10,16H,5-7,9H2,1-4H3,(H2,25,28,30)(H,27,29,34). The number of thioether (sulfide) groups is 1. The summed E-state index contributed by atoms with van der Waals surface area (Å²) < 4.78 is 12.3. The summed E-state index contributed by atoms with van der Waals surface area (Å²) in [5, 5.41) is 10.7. The molecule has 0 fully saturated rings. The van der Waals surface area contributed by atoms with Gasteiger partial charge in [-0.15, -0.1) is 11.3 Å². The number of aromatic nitrogens is 6. The van der Waals surface area contributed by atoms with E-state index in [1.165, 1.54) is 23.1 Å². The van der Waals surface area contributed by atoms with Gasteiger partial charge in [0.25, 0.3) is 0 Å². The van der Waals surface area contributed by atoms with Crippen LogP contribution in [0.15, 0.2) is 16.6 Å². The topological polar surface area (TPSA) is 160 Å². The van der Waals surface area contributed by atoms with Gasteiger partial charge in [-0.1, -0.05) is 11.8 Å². The van der Waals surface area contributed by atoms with E-state index in [4.69, 9.17) is 20.3 Å². The number of hydrogen-bond donors (Lipinski definition) is 2. The van der Waals surface area contributed by atoms with Gasteiger partial charge in [0, 0.05) is 29.1 Å². The molecule has 0 aromatic carbocycles. The number of ether oxygens (including phenoxy) is 2. The Labute approximate surface area is 226 Å². The number of esters is 1. The van der Waals surface area contributed by atoms with E-state index in [1.807, 2.05) is 13.8 Å². The van der Waals surface area contributed by atoms with Crippen molar-refractivity contribution in [2.24, 2.45) is 0 Å². The molecule has 1 unspecified atom stereocenters. The van der Waals surface area contributed by atoms with Gasteiger partial charge < -0.3 is 20.5 Å². The molecule has 5 heterocycles. The zero-order valence-electron chi connectivity index (χ0n) is 21.3. The first-order valence-corrected chi connectivity index (χ1v) is 13.6. The first-order chi connectivity index (χ1) is 18.3. The average molecular weight is 555 g/mol. The van der Waals surface area contributed by atoms with Crippen molar-refractivity contribution in [1.29, 1.82) is 0 Å². The van der Waals surface area contributed by atoms with Gasteiger partial charge >= 0.3 is 5.97 Å². The zero-order chi connectivity index (χ0) is 27.0. The van der Waals surface area contributed by atoms with Crippen LogP contribution >= 0.6 is 23.1 Å². The molecule has 38 heavy (non-hydrogen) atoms. The summed E-state index contributed by atoms with van der Waals surface area (Å²) in [5.41, 5.74) is 10.6. The Balaban J connectivity index is 1.38. The van der Waals surface area contributed by atoms with Crippen LogP contribution in [0.3, 0.4) is 0 Å². The van der Waals surface area contributed by atoms with Crippen molar-refractivity contribution >= 4 is 57.1 Å². The molecule has 1 aliphatic rings. The van der Waals surface area contributed by atoms with Crippen molar-refractivity contribution in [3.8, 4) is 5.75 Å². The summed E-state index contributed by atoms with van der Waals surface area (Å²) in [6.07, 6.45) is 2.21. The lowest BCUT2D eigenvalue weighted by Gasteiger charge is -2.19. The Morgan fingerprint density at radius 2 is 2.08 bits per heavy atom. The molecule has 0 aliphatic carbocycles. The summed E-state index contributed by atoms with van der Waals surface area (Å²) in [6, 6.07) is 0. The number of pyridine rings is 1. The Morgan fingerprint density at radius 3 is 2.84 bits per heavy atom. The highest BCUT2D eigenvalue weighted by Gasteiger charge is 2.32. The summed E-state index contributed by atoms with van der Waals surface area (Å²) in [4.78, 5) is 42.7. The highest BCUT2D eigenvalue weighted by molar-refractivity contribution is 8.00. The van der Waals surface area contributed by atoms with Crippen LogP contribution < -0.4 is 15.8 Å². The number of amides is 1. The molecule has 5 rings (SSSR count). The number of nitrogens with one attached hydrogen (secondary N) is 1. The van der Waals surface area contributed by atoms with E-state index < -0.39 is 5.25 Å². The predicted octanol–water partition coefficient (Wildman–Crippen LogP) is 2.69. The number of carbonyl (C=O) groups is 2. The van der Waals surface area contributed by atoms with Gasteiger partial charge in [-0.3, -0.25) is 14.6 Å². The van der Waals surface area contributed by atoms with Gasteiger partial charge in [0.15, 0.2) is 10.8 Å². The molecular formula is C24H26N8O4S2. The van der Waals surface area contributed by atoms with Crippen molar-refractivity contribution in [2.75, 3.05) is 24.8 Å². The maximum absolute atomic E-state index is 13.2. The molecule has 0 spiro atoms. The van der Waals surface area contributed by atoms with E-state index in [2.05, 4.69) is 25.3 Å². The number of rotatable bonds is 8. The van der Waals surface area contributed by atoms with Crippen LogP contribution in [0.5, 0.6) is 5.75 Å². The SMILES string of the molecule is CCOC(=O)Cc1csc(NC(=O)C2Cc3nn(Cc4ncc(C)c(OC)c4C)c4nc(N)nc(c34)S2)n1. The van der Waals surface area contributed by atoms with Crippen molar-refractivity contribution in [3.63, 3.8) is 0 Å². The molecular weight excluding hydrogens is 528 g/mol. The number of thiazole rings is 1.